The minimum absolute atomic E-state index is 0.253. The topological polar surface area (TPSA) is 61.3 Å². The van der Waals surface area contributed by atoms with Gasteiger partial charge in [-0.1, -0.05) is 17.3 Å². The van der Waals surface area contributed by atoms with Crippen LogP contribution >= 0.6 is 0 Å². The van der Waals surface area contributed by atoms with Gasteiger partial charge in [0.2, 0.25) is 0 Å². The van der Waals surface area contributed by atoms with Gasteiger partial charge >= 0.3 is 0 Å². The van der Waals surface area contributed by atoms with Gasteiger partial charge in [0.25, 0.3) is 0 Å². The predicted molar refractivity (Wildman–Crippen MR) is 62.4 cm³/mol. The molecular weight excluding hydrogens is 223 g/mol. The molecule has 0 aliphatic carbocycles. The minimum atomic E-state index is -1.13. The molecule has 0 spiro atoms. The van der Waals surface area contributed by atoms with E-state index < -0.39 is 6.17 Å². The molecule has 1 aromatic heterocycles. The van der Waals surface area contributed by atoms with E-state index in [1.54, 1.807) is 24.3 Å². The Balaban J connectivity index is 2.64. The molecule has 90 valence electrons. The molecule has 2 aromatic rings. The highest BCUT2D eigenvalue weighted by atomic mass is 19.1. The van der Waals surface area contributed by atoms with Crippen LogP contribution in [0.2, 0.25) is 0 Å². The number of anilines is 1. The highest BCUT2D eigenvalue weighted by molar-refractivity contribution is 5.71. The lowest BCUT2D eigenvalue weighted by Gasteiger charge is -2.12. The molecule has 4 nitrogen and oxygen atoms in total. The van der Waals surface area contributed by atoms with Gasteiger partial charge in [0.1, 0.15) is 11.9 Å². The van der Waals surface area contributed by atoms with E-state index in [0.717, 1.165) is 0 Å². The molecule has 0 bridgehead atoms. The summed E-state index contributed by atoms with van der Waals surface area (Å²) in [5, 5.41) is 3.59. The van der Waals surface area contributed by atoms with Crippen molar-refractivity contribution < 1.29 is 13.7 Å². The van der Waals surface area contributed by atoms with Gasteiger partial charge in [-0.2, -0.15) is 0 Å². The molecule has 1 heterocycles. The number of nitrogens with zero attached hydrogens (tertiary/aromatic N) is 1. The number of aromatic nitrogens is 1. The van der Waals surface area contributed by atoms with Gasteiger partial charge in [-0.05, 0) is 13.0 Å². The number of hydrogen-bond acceptors (Lipinski definition) is 4. The van der Waals surface area contributed by atoms with Crippen molar-refractivity contribution in [2.24, 2.45) is 0 Å². The third kappa shape index (κ3) is 2.08. The minimum Gasteiger partial charge on any atom is -0.496 e. The fourth-order valence-electron chi connectivity index (χ4n) is 1.72. The first-order chi connectivity index (χ1) is 8.13. The molecule has 0 aliphatic heterocycles. The predicted octanol–water partition coefficient (Wildman–Crippen LogP) is 2.96. The van der Waals surface area contributed by atoms with Crippen LogP contribution in [0, 0.1) is 0 Å². The van der Waals surface area contributed by atoms with Crippen LogP contribution < -0.4 is 10.5 Å². The van der Waals surface area contributed by atoms with E-state index >= 15 is 0 Å². The molecule has 0 saturated heterocycles. The van der Waals surface area contributed by atoms with Crippen LogP contribution in [0.3, 0.4) is 0 Å². The zero-order valence-corrected chi connectivity index (χ0v) is 9.61. The Kier molecular flexibility index (Phi) is 2.99. The number of alkyl halides is 1. The molecule has 1 unspecified atom stereocenters. The van der Waals surface area contributed by atoms with Crippen molar-refractivity contribution in [3.8, 4) is 17.1 Å². The van der Waals surface area contributed by atoms with E-state index in [9.17, 15) is 4.39 Å². The van der Waals surface area contributed by atoms with Crippen LogP contribution in [-0.4, -0.2) is 12.3 Å². The maximum atomic E-state index is 13.6. The van der Waals surface area contributed by atoms with Gasteiger partial charge < -0.3 is 15.0 Å². The van der Waals surface area contributed by atoms with E-state index in [-0.39, 0.29) is 5.82 Å². The number of rotatable bonds is 3. The van der Waals surface area contributed by atoms with Gasteiger partial charge in [0.05, 0.1) is 12.7 Å². The fourth-order valence-corrected chi connectivity index (χ4v) is 1.72. The van der Waals surface area contributed by atoms with Crippen LogP contribution in [0.1, 0.15) is 18.7 Å². The summed E-state index contributed by atoms with van der Waals surface area (Å²) >= 11 is 0. The summed E-state index contributed by atoms with van der Waals surface area (Å²) in [7, 11) is 1.52. The highest BCUT2D eigenvalue weighted by Gasteiger charge is 2.19. The van der Waals surface area contributed by atoms with Crippen LogP contribution in [-0.2, 0) is 0 Å². The summed E-state index contributed by atoms with van der Waals surface area (Å²) < 4.78 is 23.8. The number of nitrogen functional groups attached to an aromatic ring is 1. The third-order valence-corrected chi connectivity index (χ3v) is 2.48. The molecule has 0 radical (unpaired) electrons. The molecule has 1 aromatic carbocycles. The van der Waals surface area contributed by atoms with Crippen molar-refractivity contribution in [3.05, 3.63) is 29.8 Å². The van der Waals surface area contributed by atoms with Gasteiger partial charge in [0.15, 0.2) is 11.6 Å². The monoisotopic (exact) mass is 236 g/mol. The lowest BCUT2D eigenvalue weighted by molar-refractivity contribution is 0.367. The number of ether oxygens (including phenoxy) is 1. The molecule has 1 atom stereocenters. The van der Waals surface area contributed by atoms with E-state index in [2.05, 4.69) is 5.16 Å². The smallest absolute Gasteiger partial charge is 0.173 e. The standard InChI is InChI=1S/C12H13FN2O2/c1-7(13)8-4-3-5-9(16-2)12(8)10-6-11(14)15-17-10/h3-7H,1-2H3,(H2,14,15). The lowest BCUT2D eigenvalue weighted by Crippen LogP contribution is -1.94. The van der Waals surface area contributed by atoms with E-state index in [1.165, 1.54) is 14.0 Å². The molecule has 0 saturated carbocycles. The molecule has 2 N–H and O–H groups in total. The van der Waals surface area contributed by atoms with Crippen molar-refractivity contribution in [3.63, 3.8) is 0 Å². The molecule has 0 amide bonds. The van der Waals surface area contributed by atoms with E-state index in [1.807, 2.05) is 0 Å². The first kappa shape index (κ1) is 11.4. The summed E-state index contributed by atoms with van der Waals surface area (Å²) in [5.41, 5.74) is 6.53. The Morgan fingerprint density at radius 3 is 2.76 bits per heavy atom. The first-order valence-corrected chi connectivity index (χ1v) is 5.17. The van der Waals surface area contributed by atoms with Gasteiger partial charge in [-0.3, -0.25) is 0 Å². The zero-order chi connectivity index (χ0) is 12.4. The third-order valence-electron chi connectivity index (χ3n) is 2.48. The van der Waals surface area contributed by atoms with Crippen molar-refractivity contribution in [2.45, 2.75) is 13.1 Å². The Morgan fingerprint density at radius 1 is 1.47 bits per heavy atom. The normalized spacial score (nSPS) is 12.4. The number of hydrogen-bond donors (Lipinski definition) is 1. The molecule has 17 heavy (non-hydrogen) atoms. The van der Waals surface area contributed by atoms with Gasteiger partial charge in [0, 0.05) is 11.6 Å². The first-order valence-electron chi connectivity index (χ1n) is 5.17. The molecular formula is C12H13FN2O2. The Hall–Kier alpha value is -2.04. The van der Waals surface area contributed by atoms with Crippen molar-refractivity contribution in [2.75, 3.05) is 12.8 Å². The molecule has 2 rings (SSSR count). The quantitative estimate of drug-likeness (QED) is 0.889. The molecule has 0 fully saturated rings. The van der Waals surface area contributed by atoms with Crippen LogP contribution in [0.4, 0.5) is 10.2 Å². The number of halogens is 1. The van der Waals surface area contributed by atoms with Crippen LogP contribution in [0.15, 0.2) is 28.8 Å². The van der Waals surface area contributed by atoms with Crippen LogP contribution in [0.5, 0.6) is 5.75 Å². The number of nitrogens with two attached hydrogens (primary N) is 1. The fraction of sp³-hybridized carbons (Fsp3) is 0.250. The summed E-state index contributed by atoms with van der Waals surface area (Å²) in [6.07, 6.45) is -1.13. The Morgan fingerprint density at radius 2 is 2.24 bits per heavy atom. The second-order valence-electron chi connectivity index (χ2n) is 3.66. The summed E-state index contributed by atoms with van der Waals surface area (Å²) in [5.74, 6) is 1.19. The second-order valence-corrected chi connectivity index (χ2v) is 3.66. The van der Waals surface area contributed by atoms with Crippen LogP contribution in [0.25, 0.3) is 11.3 Å². The summed E-state index contributed by atoms with van der Waals surface area (Å²) in [6, 6.07) is 6.69. The number of methoxy groups -OCH3 is 1. The summed E-state index contributed by atoms with van der Waals surface area (Å²) in [4.78, 5) is 0. The Labute approximate surface area is 98.2 Å². The van der Waals surface area contributed by atoms with E-state index in [0.29, 0.717) is 22.6 Å². The maximum absolute atomic E-state index is 13.6. The number of benzene rings is 1. The van der Waals surface area contributed by atoms with Crippen molar-refractivity contribution in [1.29, 1.82) is 0 Å². The lowest BCUT2D eigenvalue weighted by atomic mass is 10.0. The van der Waals surface area contributed by atoms with E-state index in [4.69, 9.17) is 15.0 Å². The molecule has 5 heteroatoms. The van der Waals surface area contributed by atoms with Crippen molar-refractivity contribution >= 4 is 5.82 Å². The maximum Gasteiger partial charge on any atom is 0.173 e. The SMILES string of the molecule is COc1cccc(C(C)F)c1-c1cc(N)no1. The van der Waals surface area contributed by atoms with Crippen molar-refractivity contribution in [1.82, 2.24) is 5.16 Å². The average molecular weight is 236 g/mol. The summed E-state index contributed by atoms with van der Waals surface area (Å²) in [6.45, 7) is 1.46. The highest BCUT2D eigenvalue weighted by Crippen LogP contribution is 2.37. The Bertz CT molecular complexity index is 523. The van der Waals surface area contributed by atoms with Gasteiger partial charge in [-0.15, -0.1) is 0 Å². The second kappa shape index (κ2) is 4.45. The molecule has 0 aliphatic rings. The van der Waals surface area contributed by atoms with Gasteiger partial charge in [-0.25, -0.2) is 4.39 Å². The largest absolute Gasteiger partial charge is 0.496 e. The zero-order valence-electron chi connectivity index (χ0n) is 9.61. The average Bonchev–Trinajstić information content (AvgIpc) is 2.74.